The van der Waals surface area contributed by atoms with E-state index in [1.165, 1.54) is 5.56 Å². The first-order valence-electron chi connectivity index (χ1n) is 11.7. The smallest absolute Gasteiger partial charge is 0.227 e. The van der Waals surface area contributed by atoms with Crippen LogP contribution in [0.1, 0.15) is 31.4 Å². The van der Waals surface area contributed by atoms with E-state index < -0.39 is 6.10 Å². The van der Waals surface area contributed by atoms with Gasteiger partial charge in [0.25, 0.3) is 0 Å². The van der Waals surface area contributed by atoms with Gasteiger partial charge < -0.3 is 24.7 Å². The molecule has 0 saturated carbocycles. The molecule has 1 amide bonds. The number of piperazine rings is 1. The monoisotopic (exact) mass is 473 g/mol. The third kappa shape index (κ3) is 7.09. The zero-order valence-corrected chi connectivity index (χ0v) is 20.4. The Morgan fingerprint density at radius 3 is 2.55 bits per heavy atom. The fourth-order valence-corrected chi connectivity index (χ4v) is 4.81. The van der Waals surface area contributed by atoms with Gasteiger partial charge in [0.05, 0.1) is 13.0 Å². The third-order valence-corrected chi connectivity index (χ3v) is 6.86. The minimum atomic E-state index is -0.938. The van der Waals surface area contributed by atoms with E-state index in [9.17, 15) is 9.90 Å². The molecule has 2 N–H and O–H groups in total. The number of thioether (sulfide) groups is 1. The predicted molar refractivity (Wildman–Crippen MR) is 132 cm³/mol. The molecular formula is C25H35N3O4S. The molecule has 33 heavy (non-hydrogen) atoms. The zero-order valence-electron chi connectivity index (χ0n) is 19.6. The van der Waals surface area contributed by atoms with Crippen LogP contribution in [0.4, 0.5) is 5.69 Å². The van der Waals surface area contributed by atoms with E-state index in [0.717, 1.165) is 48.0 Å². The highest BCUT2D eigenvalue weighted by Gasteiger charge is 2.25. The number of hydrogen-bond donors (Lipinski definition) is 2. The molecule has 8 heteroatoms. The largest absolute Gasteiger partial charge is 0.475 e. The van der Waals surface area contributed by atoms with Gasteiger partial charge in [0, 0.05) is 43.5 Å². The van der Waals surface area contributed by atoms with Gasteiger partial charge in [-0.2, -0.15) is 0 Å². The van der Waals surface area contributed by atoms with Crippen LogP contribution in [-0.4, -0.2) is 77.3 Å². The van der Waals surface area contributed by atoms with Crippen LogP contribution < -0.4 is 9.64 Å². The number of carbonyl (C=O) groups excluding carboxylic acids is 1. The van der Waals surface area contributed by atoms with Gasteiger partial charge in [0.1, 0.15) is 17.7 Å². The number of benzene rings is 1. The van der Waals surface area contributed by atoms with Crippen LogP contribution in [0.2, 0.25) is 0 Å². The second-order valence-electron chi connectivity index (χ2n) is 8.14. The van der Waals surface area contributed by atoms with E-state index in [0.29, 0.717) is 25.4 Å². The number of amides is 1. The summed E-state index contributed by atoms with van der Waals surface area (Å²) in [6, 6.07) is 11.8. The van der Waals surface area contributed by atoms with Crippen molar-refractivity contribution < 1.29 is 19.7 Å². The highest BCUT2D eigenvalue weighted by Crippen LogP contribution is 2.34. The molecule has 0 unspecified atom stereocenters. The molecule has 1 aliphatic heterocycles. The predicted octanol–water partition coefficient (Wildman–Crippen LogP) is 2.77. The fraction of sp³-hybridized carbons (Fsp3) is 0.520. The van der Waals surface area contributed by atoms with E-state index in [1.807, 2.05) is 41.3 Å². The summed E-state index contributed by atoms with van der Waals surface area (Å²) in [7, 11) is 0. The highest BCUT2D eigenvalue weighted by atomic mass is 32.2. The van der Waals surface area contributed by atoms with Crippen LogP contribution in [0.25, 0.3) is 0 Å². The maximum absolute atomic E-state index is 12.8. The van der Waals surface area contributed by atoms with Crippen LogP contribution >= 0.6 is 11.8 Å². The van der Waals surface area contributed by atoms with Gasteiger partial charge >= 0.3 is 0 Å². The van der Waals surface area contributed by atoms with Crippen molar-refractivity contribution in [1.29, 1.82) is 0 Å². The molecule has 1 aromatic carbocycles. The molecule has 0 radical (unpaired) electrons. The Bertz CT molecular complexity index is 889. The Kier molecular flexibility index (Phi) is 9.84. The molecular weight excluding hydrogens is 438 g/mol. The van der Waals surface area contributed by atoms with Gasteiger partial charge in [0.15, 0.2) is 0 Å². The number of anilines is 1. The lowest BCUT2D eigenvalue weighted by Gasteiger charge is -2.37. The maximum Gasteiger partial charge on any atom is 0.227 e. The number of ether oxygens (including phenoxy) is 1. The second-order valence-corrected chi connectivity index (χ2v) is 9.23. The number of aliphatic hydroxyl groups excluding tert-OH is 2. The van der Waals surface area contributed by atoms with E-state index in [1.54, 1.807) is 11.8 Å². The molecule has 1 aromatic heterocycles. The summed E-state index contributed by atoms with van der Waals surface area (Å²) in [5.41, 5.74) is 3.30. The summed E-state index contributed by atoms with van der Waals surface area (Å²) in [5, 5.41) is 19.7. The summed E-state index contributed by atoms with van der Waals surface area (Å²) < 4.78 is 5.71. The van der Waals surface area contributed by atoms with Crippen LogP contribution in [-0.2, 0) is 17.6 Å². The first kappa shape index (κ1) is 25.3. The molecule has 0 aliphatic carbocycles. The normalized spacial score (nSPS) is 14.9. The topological polar surface area (TPSA) is 86.1 Å². The highest BCUT2D eigenvalue weighted by molar-refractivity contribution is 7.99. The standard InChI is InChI=1S/C25H35N3O4S/c1-3-14-33-25-21(4-2)22(16-23(26-25)32-18-20(30)17-29)27-10-12-28(13-11-27)24(31)15-19-8-6-5-7-9-19/h5-9,16,20,29-30H,3-4,10-15,17-18H2,1-2H3/t20-/m1/s1. The number of pyridine rings is 1. The van der Waals surface area contributed by atoms with Crippen molar-refractivity contribution in [2.24, 2.45) is 0 Å². The minimum absolute atomic E-state index is 0.00589. The average Bonchev–Trinajstić information content (AvgIpc) is 2.86. The maximum atomic E-state index is 12.8. The van der Waals surface area contributed by atoms with Crippen molar-refractivity contribution in [1.82, 2.24) is 9.88 Å². The van der Waals surface area contributed by atoms with Gasteiger partial charge in [0.2, 0.25) is 11.8 Å². The first-order valence-corrected chi connectivity index (χ1v) is 12.7. The van der Waals surface area contributed by atoms with Gasteiger partial charge in [-0.1, -0.05) is 44.2 Å². The third-order valence-electron chi connectivity index (χ3n) is 5.64. The van der Waals surface area contributed by atoms with Gasteiger partial charge in [-0.25, -0.2) is 4.98 Å². The minimum Gasteiger partial charge on any atom is -0.475 e. The summed E-state index contributed by atoms with van der Waals surface area (Å²) in [5.74, 6) is 1.58. The van der Waals surface area contributed by atoms with Crippen LogP contribution in [0.3, 0.4) is 0 Å². The lowest BCUT2D eigenvalue weighted by atomic mass is 10.1. The molecule has 0 bridgehead atoms. The first-order chi connectivity index (χ1) is 16.0. The van der Waals surface area contributed by atoms with Gasteiger partial charge in [-0.15, -0.1) is 11.8 Å². The Morgan fingerprint density at radius 2 is 1.91 bits per heavy atom. The second kappa shape index (κ2) is 12.8. The SMILES string of the molecule is CCCSc1nc(OC[C@H](O)CO)cc(N2CCN(C(=O)Cc3ccccc3)CC2)c1CC. The molecule has 1 aliphatic rings. The number of rotatable bonds is 11. The van der Waals surface area contributed by atoms with Gasteiger partial charge in [-0.05, 0) is 24.2 Å². The number of nitrogens with zero attached hydrogens (tertiary/aromatic N) is 3. The molecule has 0 spiro atoms. The van der Waals surface area contributed by atoms with Crippen LogP contribution in [0.5, 0.6) is 5.88 Å². The van der Waals surface area contributed by atoms with Crippen molar-refractivity contribution >= 4 is 23.4 Å². The van der Waals surface area contributed by atoms with Crippen LogP contribution in [0, 0.1) is 0 Å². The molecule has 180 valence electrons. The Balaban J connectivity index is 1.73. The molecule has 3 rings (SSSR count). The lowest BCUT2D eigenvalue weighted by molar-refractivity contribution is -0.130. The van der Waals surface area contributed by atoms with Crippen molar-refractivity contribution in [2.75, 3.05) is 50.0 Å². The number of carbonyl (C=O) groups is 1. The van der Waals surface area contributed by atoms with E-state index >= 15 is 0 Å². The van der Waals surface area contributed by atoms with E-state index in [4.69, 9.17) is 9.84 Å². The zero-order chi connectivity index (χ0) is 23.6. The number of hydrogen-bond acceptors (Lipinski definition) is 7. The lowest BCUT2D eigenvalue weighted by Crippen LogP contribution is -2.49. The summed E-state index contributed by atoms with van der Waals surface area (Å²) in [6.07, 6.45) is 1.38. The molecule has 2 aromatic rings. The van der Waals surface area contributed by atoms with Crippen molar-refractivity contribution in [3.8, 4) is 5.88 Å². The van der Waals surface area contributed by atoms with E-state index in [2.05, 4.69) is 23.7 Å². The molecule has 7 nitrogen and oxygen atoms in total. The molecule has 2 heterocycles. The Labute approximate surface area is 200 Å². The summed E-state index contributed by atoms with van der Waals surface area (Å²) in [4.78, 5) is 21.7. The van der Waals surface area contributed by atoms with E-state index in [-0.39, 0.29) is 19.1 Å². The number of aliphatic hydroxyl groups is 2. The molecule has 1 fully saturated rings. The quantitative estimate of drug-likeness (QED) is 0.486. The molecule has 1 atom stereocenters. The fourth-order valence-electron chi connectivity index (χ4n) is 3.83. The molecule has 1 saturated heterocycles. The average molecular weight is 474 g/mol. The Hall–Kier alpha value is -2.29. The van der Waals surface area contributed by atoms with Crippen molar-refractivity contribution in [3.05, 3.63) is 47.5 Å². The summed E-state index contributed by atoms with van der Waals surface area (Å²) >= 11 is 1.72. The summed E-state index contributed by atoms with van der Waals surface area (Å²) in [6.45, 7) is 6.75. The number of aromatic nitrogens is 1. The van der Waals surface area contributed by atoms with Crippen molar-refractivity contribution in [3.63, 3.8) is 0 Å². The van der Waals surface area contributed by atoms with Crippen molar-refractivity contribution in [2.45, 2.75) is 44.2 Å². The van der Waals surface area contributed by atoms with Crippen LogP contribution in [0.15, 0.2) is 41.4 Å². The Morgan fingerprint density at radius 1 is 1.18 bits per heavy atom. The van der Waals surface area contributed by atoms with Gasteiger partial charge in [-0.3, -0.25) is 4.79 Å².